The number of fused-ring (bicyclic) bond motifs is 3. The van der Waals surface area contributed by atoms with E-state index in [4.69, 9.17) is 11.6 Å². The molecule has 0 aliphatic heterocycles. The van der Waals surface area contributed by atoms with Crippen LogP contribution in [0.25, 0.3) is 32.9 Å². The van der Waals surface area contributed by atoms with Gasteiger partial charge in [-0.2, -0.15) is 5.10 Å². The minimum absolute atomic E-state index is 0.0213. The molecule has 4 rings (SSSR count). The fourth-order valence-electron chi connectivity index (χ4n) is 3.04. The number of hydrogen-bond acceptors (Lipinski definition) is 2. The van der Waals surface area contributed by atoms with E-state index in [1.807, 2.05) is 49.4 Å². The van der Waals surface area contributed by atoms with Gasteiger partial charge in [0.25, 0.3) is 5.56 Å². The summed E-state index contributed by atoms with van der Waals surface area (Å²) in [5.74, 6) is 0. The molecule has 2 aromatic heterocycles. The van der Waals surface area contributed by atoms with E-state index >= 15 is 0 Å². The summed E-state index contributed by atoms with van der Waals surface area (Å²) in [5, 5.41) is 9.27. The van der Waals surface area contributed by atoms with Gasteiger partial charge in [0, 0.05) is 17.0 Å². The van der Waals surface area contributed by atoms with Crippen molar-refractivity contribution in [2.75, 3.05) is 0 Å². The molecule has 0 atom stereocenters. The molecule has 0 saturated carbocycles. The topological polar surface area (TPSA) is 50.7 Å². The summed E-state index contributed by atoms with van der Waals surface area (Å²) in [6.45, 7) is 2.58. The second-order valence-electron chi connectivity index (χ2n) is 5.45. The summed E-state index contributed by atoms with van der Waals surface area (Å²) < 4.78 is 1.78. The summed E-state index contributed by atoms with van der Waals surface area (Å²) >= 11 is 6.09. The Morgan fingerprint density at radius 1 is 1.13 bits per heavy atom. The number of nitrogens with one attached hydrogen (secondary N) is 1. The van der Waals surface area contributed by atoms with E-state index in [9.17, 15) is 4.79 Å². The first-order valence-electron chi connectivity index (χ1n) is 7.44. The lowest BCUT2D eigenvalue weighted by Gasteiger charge is -2.11. The van der Waals surface area contributed by atoms with Crippen molar-refractivity contribution in [3.63, 3.8) is 0 Å². The van der Waals surface area contributed by atoms with E-state index in [2.05, 4.69) is 10.2 Å². The Labute approximate surface area is 137 Å². The van der Waals surface area contributed by atoms with Crippen LogP contribution in [0.3, 0.4) is 0 Å². The van der Waals surface area contributed by atoms with Crippen LogP contribution in [-0.4, -0.2) is 14.8 Å². The van der Waals surface area contributed by atoms with Crippen molar-refractivity contribution in [3.05, 3.63) is 64.0 Å². The Hall–Kier alpha value is -2.59. The van der Waals surface area contributed by atoms with E-state index in [1.54, 1.807) is 10.8 Å². The van der Waals surface area contributed by atoms with Gasteiger partial charge in [0.15, 0.2) is 0 Å². The quantitative estimate of drug-likeness (QED) is 0.600. The van der Waals surface area contributed by atoms with Crippen molar-refractivity contribution in [2.45, 2.75) is 13.5 Å². The number of hydrogen-bond donors (Lipinski definition) is 1. The van der Waals surface area contributed by atoms with Crippen LogP contribution in [0.2, 0.25) is 5.02 Å². The van der Waals surface area contributed by atoms with Crippen molar-refractivity contribution >= 4 is 33.4 Å². The Morgan fingerprint density at radius 3 is 2.74 bits per heavy atom. The van der Waals surface area contributed by atoms with Gasteiger partial charge >= 0.3 is 0 Å². The first-order chi connectivity index (χ1) is 11.2. The minimum Gasteiger partial charge on any atom is -0.308 e. The fourth-order valence-corrected chi connectivity index (χ4v) is 3.23. The maximum Gasteiger partial charge on any atom is 0.262 e. The van der Waals surface area contributed by atoms with Crippen LogP contribution in [-0.2, 0) is 6.54 Å². The van der Waals surface area contributed by atoms with Gasteiger partial charge in [-0.1, -0.05) is 35.9 Å². The number of aromatic nitrogens is 3. The molecule has 0 saturated heterocycles. The highest BCUT2D eigenvalue weighted by Gasteiger charge is 2.12. The molecule has 0 radical (unpaired) electrons. The second kappa shape index (κ2) is 5.25. The lowest BCUT2D eigenvalue weighted by atomic mass is 10.0. The van der Waals surface area contributed by atoms with E-state index in [0.717, 1.165) is 27.5 Å². The van der Waals surface area contributed by atoms with Gasteiger partial charge in [-0.3, -0.25) is 9.89 Å². The monoisotopic (exact) mass is 323 g/mol. The van der Waals surface area contributed by atoms with Crippen molar-refractivity contribution in [1.29, 1.82) is 0 Å². The van der Waals surface area contributed by atoms with E-state index in [-0.39, 0.29) is 5.56 Å². The van der Waals surface area contributed by atoms with Gasteiger partial charge in [-0.15, -0.1) is 0 Å². The lowest BCUT2D eigenvalue weighted by molar-refractivity contribution is 0.767. The first-order valence-corrected chi connectivity index (χ1v) is 7.82. The molecule has 0 spiro atoms. The largest absolute Gasteiger partial charge is 0.308 e. The molecule has 0 aliphatic carbocycles. The SMILES string of the molecule is CCn1c(=O)c2cn[nH]c2c2ccc(-c3cccc(Cl)c3)cc21. The maximum absolute atomic E-state index is 12.6. The molecule has 0 bridgehead atoms. The Bertz CT molecular complexity index is 1090. The van der Waals surface area contributed by atoms with Crippen LogP contribution in [0, 0.1) is 0 Å². The minimum atomic E-state index is -0.0213. The maximum atomic E-state index is 12.6. The molecule has 114 valence electrons. The summed E-state index contributed by atoms with van der Waals surface area (Å²) in [7, 11) is 0. The van der Waals surface area contributed by atoms with Gasteiger partial charge < -0.3 is 4.57 Å². The summed E-state index contributed by atoms with van der Waals surface area (Å²) in [4.78, 5) is 12.6. The number of halogens is 1. The van der Waals surface area contributed by atoms with E-state index in [1.165, 1.54) is 0 Å². The van der Waals surface area contributed by atoms with Crippen LogP contribution in [0.4, 0.5) is 0 Å². The average Bonchev–Trinajstić information content (AvgIpc) is 3.05. The van der Waals surface area contributed by atoms with Crippen LogP contribution in [0.1, 0.15) is 6.92 Å². The second-order valence-corrected chi connectivity index (χ2v) is 5.89. The number of nitrogens with zero attached hydrogens (tertiary/aromatic N) is 2. The molecule has 0 unspecified atom stereocenters. The molecule has 0 fully saturated rings. The number of pyridine rings is 1. The Balaban J connectivity index is 2.09. The molecule has 2 heterocycles. The number of aryl methyl sites for hydroxylation is 1. The molecule has 2 aromatic carbocycles. The smallest absolute Gasteiger partial charge is 0.262 e. The van der Waals surface area contributed by atoms with Crippen LogP contribution in [0.5, 0.6) is 0 Å². The first kappa shape index (κ1) is 14.0. The van der Waals surface area contributed by atoms with Crippen molar-refractivity contribution in [1.82, 2.24) is 14.8 Å². The predicted molar refractivity (Wildman–Crippen MR) is 94.0 cm³/mol. The molecule has 23 heavy (non-hydrogen) atoms. The fraction of sp³-hybridized carbons (Fsp3) is 0.111. The third-order valence-electron chi connectivity index (χ3n) is 4.15. The molecule has 4 aromatic rings. The highest BCUT2D eigenvalue weighted by molar-refractivity contribution is 6.30. The summed E-state index contributed by atoms with van der Waals surface area (Å²) in [6.07, 6.45) is 1.59. The van der Waals surface area contributed by atoms with Crippen molar-refractivity contribution < 1.29 is 0 Å². The summed E-state index contributed by atoms with van der Waals surface area (Å²) in [6, 6.07) is 13.8. The molecular formula is C18H14ClN3O. The molecule has 4 nitrogen and oxygen atoms in total. The normalized spacial score (nSPS) is 11.4. The van der Waals surface area contributed by atoms with Crippen molar-refractivity contribution in [3.8, 4) is 11.1 Å². The summed E-state index contributed by atoms with van der Waals surface area (Å²) in [5.41, 5.74) is 3.71. The Kier molecular flexibility index (Phi) is 3.20. The Morgan fingerprint density at radius 2 is 1.96 bits per heavy atom. The number of rotatable bonds is 2. The van der Waals surface area contributed by atoms with Gasteiger partial charge in [0.2, 0.25) is 0 Å². The zero-order valence-corrected chi connectivity index (χ0v) is 13.3. The molecule has 5 heteroatoms. The number of benzene rings is 2. The molecule has 0 aliphatic rings. The zero-order chi connectivity index (χ0) is 16.0. The third kappa shape index (κ3) is 2.14. The average molecular weight is 324 g/mol. The van der Waals surface area contributed by atoms with Gasteiger partial charge in [0.1, 0.15) is 0 Å². The third-order valence-corrected chi connectivity index (χ3v) is 4.38. The molecule has 1 N–H and O–H groups in total. The number of H-pyrrole nitrogens is 1. The highest BCUT2D eigenvalue weighted by atomic mass is 35.5. The zero-order valence-electron chi connectivity index (χ0n) is 12.5. The van der Waals surface area contributed by atoms with Crippen LogP contribution < -0.4 is 5.56 Å². The van der Waals surface area contributed by atoms with Crippen LogP contribution in [0.15, 0.2) is 53.5 Å². The highest BCUT2D eigenvalue weighted by Crippen LogP contribution is 2.28. The van der Waals surface area contributed by atoms with Gasteiger partial charge in [0.05, 0.1) is 22.6 Å². The van der Waals surface area contributed by atoms with E-state index in [0.29, 0.717) is 17.0 Å². The lowest BCUT2D eigenvalue weighted by Crippen LogP contribution is -2.19. The predicted octanol–water partition coefficient (Wildman–Crippen LogP) is 4.22. The van der Waals surface area contributed by atoms with Crippen LogP contribution >= 0.6 is 11.6 Å². The van der Waals surface area contributed by atoms with Gasteiger partial charge in [-0.05, 0) is 36.2 Å². The van der Waals surface area contributed by atoms with E-state index < -0.39 is 0 Å². The number of aromatic amines is 1. The molecule has 0 amide bonds. The standard InChI is InChI=1S/C18H14ClN3O/c1-2-22-16-9-12(11-4-3-5-13(19)8-11)6-7-14(16)17-15(18(22)23)10-20-21-17/h3-10H,2H2,1H3,(H,20,21). The molecular weight excluding hydrogens is 310 g/mol. The van der Waals surface area contributed by atoms with Crippen molar-refractivity contribution in [2.24, 2.45) is 0 Å². The van der Waals surface area contributed by atoms with Gasteiger partial charge in [-0.25, -0.2) is 0 Å².